The van der Waals surface area contributed by atoms with Gasteiger partial charge < -0.3 is 72.5 Å². The average Bonchev–Trinajstić information content (AvgIpc) is 3.33. The summed E-state index contributed by atoms with van der Waals surface area (Å²) in [7, 11) is -8.36. The van der Waals surface area contributed by atoms with Crippen LogP contribution in [0.15, 0.2) is 24.3 Å². The van der Waals surface area contributed by atoms with Gasteiger partial charge in [-0.1, -0.05) is 27.7 Å². The van der Waals surface area contributed by atoms with Gasteiger partial charge in [-0.15, -0.1) is 0 Å². The molecule has 0 aliphatic carbocycles. The van der Waals surface area contributed by atoms with Crippen LogP contribution in [0.3, 0.4) is 0 Å². The molecule has 0 fully saturated rings. The van der Waals surface area contributed by atoms with Crippen molar-refractivity contribution in [2.45, 2.75) is 116 Å². The molecule has 8 amide bonds. The number of carbonyl (C=O) groups excluding carboxylic acids is 8. The van der Waals surface area contributed by atoms with E-state index >= 15 is 0 Å². The number of anilines is 1. The third-order valence-electron chi connectivity index (χ3n) is 11.2. The maximum Gasteiger partial charge on any atom is 0.326 e. The SMILES string of the molecule is CC(C)(CC(=O)NS(=O)(=O)CCCC(=O)NCCOCCOCC(=O)N[C@@H](CCC(=O)N[C@H](CCC(=O)NCCOCCOCC(=O)N[C@@H](CCCCNC(=O)c1ccc(N)cc1)C(N)=O)C(=O)O)C(=O)O)CC(C)(C)CS(=O)(=O)O. The zero-order valence-corrected chi connectivity index (χ0v) is 47.8. The molecule has 81 heavy (non-hydrogen) atoms. The number of hydrogen-bond acceptors (Lipinski definition) is 19. The van der Waals surface area contributed by atoms with Crippen LogP contribution in [-0.2, 0) is 82.2 Å². The fourth-order valence-corrected chi connectivity index (χ4v) is 10.1. The summed E-state index contributed by atoms with van der Waals surface area (Å²) in [5.74, 6) is -9.14. The van der Waals surface area contributed by atoms with E-state index in [1.54, 1.807) is 52.0 Å². The van der Waals surface area contributed by atoms with Gasteiger partial charge in [-0.3, -0.25) is 47.6 Å². The molecule has 460 valence electrons. The van der Waals surface area contributed by atoms with Crippen LogP contribution in [0.5, 0.6) is 0 Å². The van der Waals surface area contributed by atoms with Crippen LogP contribution in [0, 0.1) is 10.8 Å². The van der Waals surface area contributed by atoms with E-state index in [1.165, 1.54) is 0 Å². The Kier molecular flexibility index (Phi) is 33.5. The van der Waals surface area contributed by atoms with Crippen molar-refractivity contribution in [1.29, 1.82) is 0 Å². The maximum absolute atomic E-state index is 12.6. The molecule has 0 radical (unpaired) electrons. The number of benzene rings is 1. The van der Waals surface area contributed by atoms with E-state index < -0.39 is 133 Å². The smallest absolute Gasteiger partial charge is 0.326 e. The number of carboxylic acids is 2. The Morgan fingerprint density at radius 3 is 1.54 bits per heavy atom. The molecule has 1 aromatic carbocycles. The highest BCUT2D eigenvalue weighted by Gasteiger charge is 2.34. The molecule has 1 rings (SSSR count). The van der Waals surface area contributed by atoms with E-state index in [4.69, 9.17) is 30.4 Å². The average molecular weight is 1200 g/mol. The van der Waals surface area contributed by atoms with Crippen molar-refractivity contribution in [3.05, 3.63) is 29.8 Å². The summed E-state index contributed by atoms with van der Waals surface area (Å²) in [4.78, 5) is 122. The lowest BCUT2D eigenvalue weighted by Gasteiger charge is -2.33. The van der Waals surface area contributed by atoms with Crippen molar-refractivity contribution in [2.75, 3.05) is 89.7 Å². The topological polar surface area (TPSA) is 473 Å². The predicted octanol–water partition coefficient (Wildman–Crippen LogP) is -1.92. The quantitative estimate of drug-likeness (QED) is 0.0192. The number of nitrogens with one attached hydrogen (secondary N) is 7. The second-order valence-electron chi connectivity index (χ2n) is 20.3. The number of amides is 8. The number of carboxylic acid groups (broad SMARTS) is 2. The number of nitrogen functional groups attached to an aromatic ring is 1. The molecule has 0 aliphatic heterocycles. The van der Waals surface area contributed by atoms with Gasteiger partial charge in [-0.05, 0) is 80.0 Å². The first-order valence-electron chi connectivity index (χ1n) is 25.9. The second-order valence-corrected chi connectivity index (χ2v) is 23.6. The van der Waals surface area contributed by atoms with Gasteiger partial charge in [-0.25, -0.2) is 18.0 Å². The molecule has 1 aromatic rings. The van der Waals surface area contributed by atoms with Gasteiger partial charge in [0.15, 0.2) is 0 Å². The number of nitrogens with two attached hydrogens (primary N) is 2. The van der Waals surface area contributed by atoms with Gasteiger partial charge in [0.1, 0.15) is 31.3 Å². The zero-order valence-electron chi connectivity index (χ0n) is 46.2. The van der Waals surface area contributed by atoms with E-state index in [0.717, 1.165) is 0 Å². The lowest BCUT2D eigenvalue weighted by Crippen LogP contribution is -2.45. The highest BCUT2D eigenvalue weighted by Crippen LogP contribution is 2.37. The molecular formula is C49H81N9O21S2. The highest BCUT2D eigenvalue weighted by atomic mass is 32.2. The van der Waals surface area contributed by atoms with Gasteiger partial charge in [-0.2, -0.15) is 8.42 Å². The fraction of sp³-hybridized carbons (Fsp3) is 0.673. The first kappa shape index (κ1) is 72.4. The Labute approximate surface area is 471 Å². The molecule has 30 nitrogen and oxygen atoms in total. The molecule has 32 heteroatoms. The Morgan fingerprint density at radius 1 is 0.556 bits per heavy atom. The third-order valence-corrected chi connectivity index (χ3v) is 13.8. The number of primary amides is 1. The Morgan fingerprint density at radius 2 is 1.04 bits per heavy atom. The molecule has 3 atom stereocenters. The van der Waals surface area contributed by atoms with Gasteiger partial charge in [0.05, 0.1) is 51.1 Å². The fourth-order valence-electron chi connectivity index (χ4n) is 7.99. The number of rotatable bonds is 45. The van der Waals surface area contributed by atoms with Gasteiger partial charge in [0.2, 0.25) is 51.4 Å². The second kappa shape index (κ2) is 37.4. The minimum absolute atomic E-state index is 0.00946. The number of unbranched alkanes of at least 4 members (excludes halogenated alkanes) is 1. The molecule has 0 aliphatic rings. The molecule has 0 bridgehead atoms. The van der Waals surface area contributed by atoms with Gasteiger partial charge >= 0.3 is 11.9 Å². The van der Waals surface area contributed by atoms with Crippen molar-refractivity contribution in [3.63, 3.8) is 0 Å². The van der Waals surface area contributed by atoms with E-state index in [0.29, 0.717) is 30.6 Å². The highest BCUT2D eigenvalue weighted by molar-refractivity contribution is 7.90. The van der Waals surface area contributed by atoms with Crippen LogP contribution in [0.1, 0.15) is 109 Å². The molecule has 0 saturated heterocycles. The van der Waals surface area contributed by atoms with Crippen molar-refractivity contribution in [2.24, 2.45) is 16.6 Å². The van der Waals surface area contributed by atoms with Crippen molar-refractivity contribution in [1.82, 2.24) is 36.6 Å². The normalized spacial score (nSPS) is 12.9. The Hall–Kier alpha value is -6.58. The monoisotopic (exact) mass is 1200 g/mol. The summed E-state index contributed by atoms with van der Waals surface area (Å²) in [6, 6.07) is 2.43. The molecule has 14 N–H and O–H groups in total. The number of sulfonamides is 1. The maximum atomic E-state index is 12.6. The van der Waals surface area contributed by atoms with Gasteiger partial charge in [0, 0.05) is 56.6 Å². The van der Waals surface area contributed by atoms with E-state index in [-0.39, 0.29) is 110 Å². The first-order valence-corrected chi connectivity index (χ1v) is 29.1. The molecule has 0 saturated carbocycles. The summed E-state index contributed by atoms with van der Waals surface area (Å²) in [5.41, 5.74) is 10.3. The van der Waals surface area contributed by atoms with Crippen LogP contribution in [0.25, 0.3) is 0 Å². The van der Waals surface area contributed by atoms with Crippen LogP contribution in [0.2, 0.25) is 0 Å². The predicted molar refractivity (Wildman–Crippen MR) is 289 cm³/mol. The van der Waals surface area contributed by atoms with Crippen molar-refractivity contribution < 1.29 is 98.5 Å². The van der Waals surface area contributed by atoms with Crippen LogP contribution < -0.4 is 48.1 Å². The minimum Gasteiger partial charge on any atom is -0.480 e. The molecule has 0 spiro atoms. The molecule has 0 aromatic heterocycles. The number of aliphatic carboxylic acids is 2. The summed E-state index contributed by atoms with van der Waals surface area (Å²) >= 11 is 0. The lowest BCUT2D eigenvalue weighted by molar-refractivity contribution is -0.144. The molecule has 0 unspecified atom stereocenters. The molecular weight excluding hydrogens is 1110 g/mol. The van der Waals surface area contributed by atoms with E-state index in [2.05, 4.69) is 31.9 Å². The number of hydrogen-bond donors (Lipinski definition) is 12. The third kappa shape index (κ3) is 37.1. The summed E-state index contributed by atoms with van der Waals surface area (Å²) in [6.07, 6.45) is -0.657. The molecule has 0 heterocycles. The van der Waals surface area contributed by atoms with E-state index in [9.17, 15) is 79.5 Å². The summed E-state index contributed by atoms with van der Waals surface area (Å²) < 4.78 is 79.7. The van der Waals surface area contributed by atoms with E-state index in [1.807, 2.05) is 4.72 Å². The summed E-state index contributed by atoms with van der Waals surface area (Å²) in [5, 5.41) is 33.9. The lowest BCUT2D eigenvalue weighted by atomic mass is 9.74. The Balaban J connectivity index is 2.22. The Bertz CT molecular complexity index is 2460. The van der Waals surface area contributed by atoms with Crippen LogP contribution >= 0.6 is 0 Å². The largest absolute Gasteiger partial charge is 0.480 e. The zero-order chi connectivity index (χ0) is 61.2. The van der Waals surface area contributed by atoms with Crippen molar-refractivity contribution >= 4 is 85.0 Å². The standard InChI is InChI=1S/C49H81N9O21S2/c1-48(2,31-49(3,4)32-81(73,74)75)28-41(62)58-80(71,72)27-7-9-38(59)52-19-21-76-24-26-79-30-43(64)57-37(47(69)70)15-17-40(61)56-36(46(67)68)14-16-39(60)53-20-22-77-23-25-78-29-42(63)55-35(44(51)65)8-5-6-18-54-45(66)33-10-12-34(50)13-11-33/h10-13,35-37H,5-9,14-32,50H2,1-4H3,(H2,51,65)(H,52,59)(H,53,60)(H,54,66)(H,55,63)(H,56,61)(H,57,64)(H,58,62)(H,67,68)(H,69,70)(H,73,74,75)/t35-,36+,37-/m0/s1. The summed E-state index contributed by atoms with van der Waals surface area (Å²) in [6.45, 7) is 5.87. The van der Waals surface area contributed by atoms with Crippen LogP contribution in [0.4, 0.5) is 5.69 Å². The number of carbonyl (C=O) groups is 10. The number of ether oxygens (including phenoxy) is 4. The first-order chi connectivity index (χ1) is 37.8. The van der Waals surface area contributed by atoms with Gasteiger partial charge in [0.25, 0.3) is 16.0 Å². The van der Waals surface area contributed by atoms with Crippen LogP contribution in [-0.4, -0.2) is 193 Å². The minimum atomic E-state index is -4.27. The van der Waals surface area contributed by atoms with Crippen molar-refractivity contribution in [3.8, 4) is 0 Å².